The standard InChI is InChI=1S/C33H32N4O2S/c1-2-39-29-15-13-26(14-16-29)31-27(23-37(35-31)28-11-7-4-8-12-28)22-30-32(38)34-33(40-30)36-19-17-25(18-20-36)21-24-9-5-3-6-10-24/h3-16,22-23,25H,2,17-21H2,1H3. The molecule has 0 aliphatic carbocycles. The van der Waals surface area contributed by atoms with Gasteiger partial charge in [-0.2, -0.15) is 10.1 Å². The highest BCUT2D eigenvalue weighted by Gasteiger charge is 2.29. The first-order valence-corrected chi connectivity index (χ1v) is 14.7. The van der Waals surface area contributed by atoms with Crippen molar-refractivity contribution in [3.8, 4) is 22.7 Å². The summed E-state index contributed by atoms with van der Waals surface area (Å²) in [6, 6.07) is 28.6. The summed E-state index contributed by atoms with van der Waals surface area (Å²) in [4.78, 5) is 20.4. The Kier molecular flexibility index (Phi) is 7.82. The Morgan fingerprint density at radius 1 is 0.950 bits per heavy atom. The highest BCUT2D eigenvalue weighted by atomic mass is 32.2. The molecule has 1 saturated heterocycles. The Balaban J connectivity index is 1.20. The molecule has 0 atom stereocenters. The van der Waals surface area contributed by atoms with Gasteiger partial charge in [-0.3, -0.25) is 4.79 Å². The van der Waals surface area contributed by atoms with Crippen LogP contribution in [-0.4, -0.2) is 45.5 Å². The molecule has 1 fully saturated rings. The average molecular weight is 549 g/mol. The largest absolute Gasteiger partial charge is 0.494 e. The molecule has 0 saturated carbocycles. The van der Waals surface area contributed by atoms with Crippen LogP contribution in [-0.2, 0) is 11.2 Å². The minimum atomic E-state index is -0.184. The smallest absolute Gasteiger partial charge is 0.286 e. The van der Waals surface area contributed by atoms with Gasteiger partial charge in [0.2, 0.25) is 0 Å². The molecule has 0 radical (unpaired) electrons. The van der Waals surface area contributed by atoms with Crippen LogP contribution in [0.5, 0.6) is 5.75 Å². The van der Waals surface area contributed by atoms with Gasteiger partial charge in [-0.05, 0) is 91.9 Å². The van der Waals surface area contributed by atoms with Gasteiger partial charge in [0.15, 0.2) is 5.17 Å². The van der Waals surface area contributed by atoms with Crippen molar-refractivity contribution >= 4 is 28.9 Å². The summed E-state index contributed by atoms with van der Waals surface area (Å²) in [5.74, 6) is 1.30. The van der Waals surface area contributed by atoms with Gasteiger partial charge < -0.3 is 9.64 Å². The lowest BCUT2D eigenvalue weighted by Crippen LogP contribution is -2.37. The quantitative estimate of drug-likeness (QED) is 0.236. The summed E-state index contributed by atoms with van der Waals surface area (Å²) in [6.45, 7) is 4.44. The molecule has 2 aliphatic rings. The van der Waals surface area contributed by atoms with Gasteiger partial charge in [0.05, 0.1) is 22.9 Å². The first-order chi connectivity index (χ1) is 19.7. The number of amides is 1. The normalized spacial score (nSPS) is 16.9. The van der Waals surface area contributed by atoms with Crippen molar-refractivity contribution in [3.05, 3.63) is 107 Å². The van der Waals surface area contributed by atoms with Crippen molar-refractivity contribution in [2.75, 3.05) is 19.7 Å². The first kappa shape index (κ1) is 26.1. The van der Waals surface area contributed by atoms with E-state index < -0.39 is 0 Å². The minimum absolute atomic E-state index is 0.184. The fourth-order valence-corrected chi connectivity index (χ4v) is 6.21. The van der Waals surface area contributed by atoms with E-state index >= 15 is 0 Å². The number of carbonyl (C=O) groups is 1. The zero-order chi connectivity index (χ0) is 27.3. The van der Waals surface area contributed by atoms with Crippen molar-refractivity contribution in [1.29, 1.82) is 0 Å². The summed E-state index contributed by atoms with van der Waals surface area (Å²) in [6.07, 6.45) is 7.23. The first-order valence-electron chi connectivity index (χ1n) is 13.9. The number of hydrogen-bond donors (Lipinski definition) is 0. The fraction of sp³-hybridized carbons (Fsp3) is 0.242. The number of aromatic nitrogens is 2. The van der Waals surface area contributed by atoms with Crippen molar-refractivity contribution in [2.45, 2.75) is 26.2 Å². The highest BCUT2D eigenvalue weighted by molar-refractivity contribution is 8.18. The van der Waals surface area contributed by atoms with Crippen LogP contribution in [0.3, 0.4) is 0 Å². The number of hydrogen-bond acceptors (Lipinski definition) is 5. The van der Waals surface area contributed by atoms with Crippen molar-refractivity contribution in [2.24, 2.45) is 10.9 Å². The summed E-state index contributed by atoms with van der Waals surface area (Å²) in [5.41, 5.74) is 5.00. The fourth-order valence-electron chi connectivity index (χ4n) is 5.26. The van der Waals surface area contributed by atoms with Gasteiger partial charge >= 0.3 is 0 Å². The number of rotatable bonds is 7. The molecule has 0 bridgehead atoms. The minimum Gasteiger partial charge on any atom is -0.494 e. The van der Waals surface area contributed by atoms with Crippen LogP contribution < -0.4 is 4.74 Å². The van der Waals surface area contributed by atoms with Gasteiger partial charge in [-0.15, -0.1) is 0 Å². The number of nitrogens with zero attached hydrogens (tertiary/aromatic N) is 4. The predicted octanol–water partition coefficient (Wildman–Crippen LogP) is 6.86. The molecular formula is C33H32N4O2S. The van der Waals surface area contributed by atoms with Gasteiger partial charge in [0, 0.05) is 30.4 Å². The number of ether oxygens (including phenoxy) is 1. The third-order valence-corrected chi connectivity index (χ3v) is 8.39. The number of carbonyl (C=O) groups excluding carboxylic acids is 1. The number of thioether (sulfide) groups is 1. The highest BCUT2D eigenvalue weighted by Crippen LogP contribution is 2.35. The monoisotopic (exact) mass is 548 g/mol. The van der Waals surface area contributed by atoms with Crippen LogP contribution >= 0.6 is 11.8 Å². The number of likely N-dealkylation sites (tertiary alicyclic amines) is 1. The van der Waals surface area contributed by atoms with Gasteiger partial charge in [0.1, 0.15) is 5.75 Å². The molecular weight excluding hydrogens is 516 g/mol. The lowest BCUT2D eigenvalue weighted by molar-refractivity contribution is -0.113. The predicted molar refractivity (Wildman–Crippen MR) is 163 cm³/mol. The molecule has 6 rings (SSSR count). The van der Waals surface area contributed by atoms with Crippen molar-refractivity contribution < 1.29 is 9.53 Å². The maximum atomic E-state index is 13.0. The SMILES string of the molecule is CCOc1ccc(-c2nn(-c3ccccc3)cc2C=C2SC(N3CCC(Cc4ccccc4)CC3)=NC2=O)cc1. The third-order valence-electron chi connectivity index (χ3n) is 7.35. The molecule has 4 aromatic rings. The van der Waals surface area contributed by atoms with E-state index in [1.165, 1.54) is 17.3 Å². The second-order valence-corrected chi connectivity index (χ2v) is 11.1. The number of para-hydroxylation sites is 1. The summed E-state index contributed by atoms with van der Waals surface area (Å²) >= 11 is 1.47. The molecule has 1 amide bonds. The molecule has 0 spiro atoms. The van der Waals surface area contributed by atoms with Gasteiger partial charge in [-0.1, -0.05) is 48.5 Å². The lowest BCUT2D eigenvalue weighted by Gasteiger charge is -2.32. The van der Waals surface area contributed by atoms with E-state index in [4.69, 9.17) is 9.84 Å². The van der Waals surface area contributed by atoms with E-state index in [9.17, 15) is 4.79 Å². The third kappa shape index (κ3) is 5.89. The van der Waals surface area contributed by atoms with Crippen LogP contribution in [0.4, 0.5) is 0 Å². The molecule has 6 nitrogen and oxygen atoms in total. The summed E-state index contributed by atoms with van der Waals surface area (Å²) in [7, 11) is 0. The Morgan fingerprint density at radius 2 is 1.65 bits per heavy atom. The Hall–Kier alpha value is -4.10. The molecule has 7 heteroatoms. The maximum absolute atomic E-state index is 13.0. The van der Waals surface area contributed by atoms with Gasteiger partial charge in [-0.25, -0.2) is 4.68 Å². The van der Waals surface area contributed by atoms with Crippen LogP contribution in [0, 0.1) is 5.92 Å². The molecule has 2 aliphatic heterocycles. The summed E-state index contributed by atoms with van der Waals surface area (Å²) in [5, 5.41) is 5.72. The van der Waals surface area contributed by atoms with E-state index in [1.807, 2.05) is 78.5 Å². The maximum Gasteiger partial charge on any atom is 0.286 e. The second-order valence-electron chi connectivity index (χ2n) is 10.1. The Morgan fingerprint density at radius 3 is 2.35 bits per heavy atom. The van der Waals surface area contributed by atoms with E-state index in [0.29, 0.717) is 17.4 Å². The molecule has 0 unspecified atom stereocenters. The number of benzene rings is 3. The van der Waals surface area contributed by atoms with Crippen LogP contribution in [0.1, 0.15) is 30.9 Å². The number of amidine groups is 1. The van der Waals surface area contributed by atoms with E-state index in [1.54, 1.807) is 0 Å². The average Bonchev–Trinajstić information content (AvgIpc) is 3.59. The molecule has 202 valence electrons. The van der Waals surface area contributed by atoms with Crippen LogP contribution in [0.2, 0.25) is 0 Å². The van der Waals surface area contributed by atoms with Crippen molar-refractivity contribution in [1.82, 2.24) is 14.7 Å². The molecule has 40 heavy (non-hydrogen) atoms. The zero-order valence-corrected chi connectivity index (χ0v) is 23.4. The van der Waals surface area contributed by atoms with Crippen LogP contribution in [0.15, 0.2) is 101 Å². The zero-order valence-electron chi connectivity index (χ0n) is 22.6. The second kappa shape index (κ2) is 12.0. The number of aliphatic imine (C=N–C) groups is 1. The van der Waals surface area contributed by atoms with E-state index in [-0.39, 0.29) is 5.91 Å². The molecule has 3 heterocycles. The lowest BCUT2D eigenvalue weighted by atomic mass is 9.90. The molecule has 1 aromatic heterocycles. The molecule has 3 aromatic carbocycles. The van der Waals surface area contributed by atoms with Crippen molar-refractivity contribution in [3.63, 3.8) is 0 Å². The summed E-state index contributed by atoms with van der Waals surface area (Å²) < 4.78 is 7.49. The van der Waals surface area contributed by atoms with E-state index in [0.717, 1.165) is 65.8 Å². The number of piperidine rings is 1. The Labute approximate surface area is 239 Å². The molecule has 0 N–H and O–H groups in total. The van der Waals surface area contributed by atoms with E-state index in [2.05, 4.69) is 40.2 Å². The van der Waals surface area contributed by atoms with Crippen LogP contribution in [0.25, 0.3) is 23.0 Å². The Bertz CT molecular complexity index is 1520. The topological polar surface area (TPSA) is 59.7 Å². The van der Waals surface area contributed by atoms with Gasteiger partial charge in [0.25, 0.3) is 5.91 Å².